The van der Waals surface area contributed by atoms with Gasteiger partial charge in [0.1, 0.15) is 0 Å². The van der Waals surface area contributed by atoms with Crippen LogP contribution in [0, 0.1) is 5.92 Å². The number of nitrogens with two attached hydrogens (primary N) is 2. The highest BCUT2D eigenvalue weighted by Crippen LogP contribution is 2.33. The summed E-state index contributed by atoms with van der Waals surface area (Å²) in [5.74, 6) is -0.956. The molecule has 2 rings (SSSR count). The topological polar surface area (TPSA) is 98.6 Å². The van der Waals surface area contributed by atoms with Gasteiger partial charge in [0, 0.05) is 12.6 Å². The van der Waals surface area contributed by atoms with Gasteiger partial charge in [-0.1, -0.05) is 6.07 Å². The van der Waals surface area contributed by atoms with E-state index in [4.69, 9.17) is 16.2 Å². The number of amides is 1. The summed E-state index contributed by atoms with van der Waals surface area (Å²) in [4.78, 5) is 25.2. The van der Waals surface area contributed by atoms with Crippen LogP contribution >= 0.6 is 0 Å². The Bertz CT molecular complexity index is 559. The summed E-state index contributed by atoms with van der Waals surface area (Å²) in [6, 6.07) is 5.47. The van der Waals surface area contributed by atoms with Crippen LogP contribution in [-0.2, 0) is 9.53 Å². The van der Waals surface area contributed by atoms with Crippen LogP contribution in [0.1, 0.15) is 30.1 Å². The average Bonchev–Trinajstić information content (AvgIpc) is 2.47. The van der Waals surface area contributed by atoms with Crippen molar-refractivity contribution in [3.63, 3.8) is 0 Å². The summed E-state index contributed by atoms with van der Waals surface area (Å²) < 4.78 is 4.73. The first-order valence-electron chi connectivity index (χ1n) is 6.98. The van der Waals surface area contributed by atoms with Gasteiger partial charge < -0.3 is 21.1 Å². The molecule has 2 atom stereocenters. The van der Waals surface area contributed by atoms with Crippen molar-refractivity contribution in [3.8, 4) is 0 Å². The third kappa shape index (κ3) is 2.94. The Labute approximate surface area is 124 Å². The number of esters is 1. The molecule has 0 aromatic heterocycles. The van der Waals surface area contributed by atoms with Crippen LogP contribution in [0.3, 0.4) is 0 Å². The molecule has 1 amide bonds. The maximum atomic E-state index is 11.7. The third-order valence-corrected chi connectivity index (χ3v) is 4.08. The van der Waals surface area contributed by atoms with Crippen molar-refractivity contribution in [2.75, 3.05) is 24.3 Å². The molecule has 4 N–H and O–H groups in total. The summed E-state index contributed by atoms with van der Waals surface area (Å²) in [6.45, 7) is 2.59. The fourth-order valence-corrected chi connectivity index (χ4v) is 2.77. The summed E-state index contributed by atoms with van der Waals surface area (Å²) in [6.07, 6.45) is 1.64. The van der Waals surface area contributed by atoms with Gasteiger partial charge in [-0.25, -0.2) is 4.79 Å². The molecular formula is C15H21N3O3. The fraction of sp³-hybridized carbons (Fsp3) is 0.467. The number of para-hydroxylation sites is 1. The molecule has 1 heterocycles. The molecule has 1 aromatic carbocycles. The predicted octanol–water partition coefficient (Wildman–Crippen LogP) is 1.15. The molecule has 1 saturated heterocycles. The van der Waals surface area contributed by atoms with Gasteiger partial charge in [0.05, 0.1) is 30.0 Å². The largest absolute Gasteiger partial charge is 0.465 e. The molecule has 1 aliphatic rings. The van der Waals surface area contributed by atoms with Crippen molar-refractivity contribution < 1.29 is 14.3 Å². The quantitative estimate of drug-likeness (QED) is 0.643. The highest BCUT2D eigenvalue weighted by Gasteiger charge is 2.30. The fourth-order valence-electron chi connectivity index (χ4n) is 2.77. The molecule has 0 spiro atoms. The van der Waals surface area contributed by atoms with Gasteiger partial charge in [0.15, 0.2) is 0 Å². The first kappa shape index (κ1) is 15.2. The average molecular weight is 291 g/mol. The van der Waals surface area contributed by atoms with Crippen LogP contribution in [0.5, 0.6) is 0 Å². The highest BCUT2D eigenvalue weighted by atomic mass is 16.5. The molecule has 1 aliphatic heterocycles. The molecule has 0 bridgehead atoms. The van der Waals surface area contributed by atoms with Crippen molar-refractivity contribution in [1.82, 2.24) is 0 Å². The first-order chi connectivity index (χ1) is 9.95. The van der Waals surface area contributed by atoms with Crippen molar-refractivity contribution in [1.29, 1.82) is 0 Å². The van der Waals surface area contributed by atoms with Crippen molar-refractivity contribution >= 4 is 23.3 Å². The molecule has 0 saturated carbocycles. The lowest BCUT2D eigenvalue weighted by Crippen LogP contribution is -2.46. The van der Waals surface area contributed by atoms with Crippen LogP contribution < -0.4 is 16.4 Å². The number of ether oxygens (including phenoxy) is 1. The number of piperidine rings is 1. The number of hydrogen-bond acceptors (Lipinski definition) is 5. The Kier molecular flexibility index (Phi) is 4.35. The van der Waals surface area contributed by atoms with Crippen molar-refractivity contribution in [2.24, 2.45) is 11.7 Å². The number of primary amides is 1. The minimum Gasteiger partial charge on any atom is -0.465 e. The van der Waals surface area contributed by atoms with Crippen molar-refractivity contribution in [2.45, 2.75) is 25.8 Å². The molecule has 1 aromatic rings. The SMILES string of the molecule is COC(=O)c1cccc(N2CC(C(N)=O)CCC2C)c1N. The van der Waals surface area contributed by atoms with Gasteiger partial charge >= 0.3 is 5.97 Å². The Morgan fingerprint density at radius 3 is 2.67 bits per heavy atom. The van der Waals surface area contributed by atoms with Crippen LogP contribution in [-0.4, -0.2) is 31.6 Å². The maximum Gasteiger partial charge on any atom is 0.340 e. The number of rotatable bonds is 3. The molecule has 0 radical (unpaired) electrons. The Morgan fingerprint density at radius 2 is 2.05 bits per heavy atom. The molecule has 6 heteroatoms. The maximum absolute atomic E-state index is 11.7. The van der Waals surface area contributed by atoms with Gasteiger partial charge in [-0.3, -0.25) is 4.79 Å². The zero-order valence-corrected chi connectivity index (χ0v) is 12.3. The van der Waals surface area contributed by atoms with Crippen LogP contribution in [0.4, 0.5) is 11.4 Å². The first-order valence-corrected chi connectivity index (χ1v) is 6.98. The molecule has 114 valence electrons. The predicted molar refractivity (Wildman–Crippen MR) is 80.9 cm³/mol. The van der Waals surface area contributed by atoms with Gasteiger partial charge in [-0.2, -0.15) is 0 Å². The minimum atomic E-state index is -0.467. The van der Waals surface area contributed by atoms with Gasteiger partial charge in [-0.15, -0.1) is 0 Å². The van der Waals surface area contributed by atoms with E-state index in [0.29, 0.717) is 17.8 Å². The number of carbonyl (C=O) groups is 2. The normalized spacial score (nSPS) is 21.9. The van der Waals surface area contributed by atoms with E-state index in [-0.39, 0.29) is 17.9 Å². The number of nitrogen functional groups attached to an aromatic ring is 1. The molecule has 21 heavy (non-hydrogen) atoms. The second kappa shape index (κ2) is 6.03. The van der Waals surface area contributed by atoms with Gasteiger partial charge in [-0.05, 0) is 31.9 Å². The Morgan fingerprint density at radius 1 is 1.33 bits per heavy atom. The van der Waals surface area contributed by atoms with Gasteiger partial charge in [0.25, 0.3) is 0 Å². The second-order valence-electron chi connectivity index (χ2n) is 5.41. The van der Waals surface area contributed by atoms with E-state index in [9.17, 15) is 9.59 Å². The number of carbonyl (C=O) groups excluding carboxylic acids is 2. The molecule has 2 unspecified atom stereocenters. The number of benzene rings is 1. The lowest BCUT2D eigenvalue weighted by atomic mass is 9.92. The van der Waals surface area contributed by atoms with E-state index in [1.54, 1.807) is 12.1 Å². The Balaban J connectivity index is 2.36. The number of methoxy groups -OCH3 is 1. The number of nitrogens with zero attached hydrogens (tertiary/aromatic N) is 1. The van der Waals surface area contributed by atoms with Gasteiger partial charge in [0.2, 0.25) is 5.91 Å². The standard InChI is InChI=1S/C15H21N3O3/c1-9-6-7-10(14(17)19)8-18(9)12-5-3-4-11(13(12)16)15(20)21-2/h3-5,9-10H,6-8,16H2,1-2H3,(H2,17,19). The van der Waals surface area contributed by atoms with E-state index < -0.39 is 5.97 Å². The van der Waals surface area contributed by atoms with E-state index in [1.807, 2.05) is 11.0 Å². The van der Waals surface area contributed by atoms with Crippen molar-refractivity contribution in [3.05, 3.63) is 23.8 Å². The summed E-state index contributed by atoms with van der Waals surface area (Å²) in [5.41, 5.74) is 13.0. The molecule has 6 nitrogen and oxygen atoms in total. The van der Waals surface area contributed by atoms with E-state index in [2.05, 4.69) is 6.92 Å². The lowest BCUT2D eigenvalue weighted by Gasteiger charge is -2.39. The number of anilines is 2. The third-order valence-electron chi connectivity index (χ3n) is 4.08. The highest BCUT2D eigenvalue weighted by molar-refractivity contribution is 5.98. The molecule has 0 aliphatic carbocycles. The monoisotopic (exact) mass is 291 g/mol. The van der Waals surface area contributed by atoms with Crippen LogP contribution in [0.15, 0.2) is 18.2 Å². The minimum absolute atomic E-state index is 0.192. The molecular weight excluding hydrogens is 270 g/mol. The molecule has 1 fully saturated rings. The zero-order valence-electron chi connectivity index (χ0n) is 12.3. The van der Waals surface area contributed by atoms with Crippen LogP contribution in [0.25, 0.3) is 0 Å². The summed E-state index contributed by atoms with van der Waals surface area (Å²) in [5, 5.41) is 0. The van der Waals surface area contributed by atoms with E-state index in [0.717, 1.165) is 18.5 Å². The lowest BCUT2D eigenvalue weighted by molar-refractivity contribution is -0.122. The summed E-state index contributed by atoms with van der Waals surface area (Å²) in [7, 11) is 1.32. The number of hydrogen-bond donors (Lipinski definition) is 2. The van der Waals surface area contributed by atoms with Crippen LogP contribution in [0.2, 0.25) is 0 Å². The Hall–Kier alpha value is -2.24. The smallest absolute Gasteiger partial charge is 0.340 e. The summed E-state index contributed by atoms with van der Waals surface area (Å²) >= 11 is 0. The second-order valence-corrected chi connectivity index (χ2v) is 5.41. The van der Waals surface area contributed by atoms with E-state index in [1.165, 1.54) is 7.11 Å². The van der Waals surface area contributed by atoms with E-state index >= 15 is 0 Å². The zero-order chi connectivity index (χ0) is 15.6.